The van der Waals surface area contributed by atoms with Gasteiger partial charge in [0.05, 0.1) is 0 Å². The first-order valence-corrected chi connectivity index (χ1v) is 7.45. The molecule has 0 heterocycles. The molecule has 0 bridgehead atoms. The maximum Gasteiger partial charge on any atom is 0.123 e. The van der Waals surface area contributed by atoms with E-state index in [2.05, 4.69) is 5.32 Å². The number of nitrogens with one attached hydrogen (secondary N) is 1. The van der Waals surface area contributed by atoms with Crippen LogP contribution in [0.1, 0.15) is 25.7 Å². The molecule has 0 radical (unpaired) electrons. The average molecular weight is 279 g/mol. The monoisotopic (exact) mass is 279 g/mol. The molecule has 1 aromatic carbocycles. The Morgan fingerprint density at radius 3 is 2.60 bits per heavy atom. The smallest absolute Gasteiger partial charge is 0.123 e. The molecule has 2 aliphatic carbocycles. The standard InChI is InChI=1S/C16H22FNO2/c17-13-3-5-15(6-4-13)20-10-14(19)9-18-11-16(7-8-16)12-1-2-12/h3-6,12,14,18-19H,1-2,7-11H2. The molecule has 2 N–H and O–H groups in total. The third-order valence-corrected chi connectivity index (χ3v) is 4.45. The lowest BCUT2D eigenvalue weighted by molar-refractivity contribution is 0.104. The van der Waals surface area contributed by atoms with Crippen molar-refractivity contribution in [3.8, 4) is 5.75 Å². The van der Waals surface area contributed by atoms with Crippen molar-refractivity contribution in [2.45, 2.75) is 31.8 Å². The fourth-order valence-corrected chi connectivity index (χ4v) is 2.86. The van der Waals surface area contributed by atoms with Crippen LogP contribution in [0, 0.1) is 17.2 Å². The molecule has 1 atom stereocenters. The second-order valence-electron chi connectivity index (χ2n) is 6.19. The summed E-state index contributed by atoms with van der Waals surface area (Å²) < 4.78 is 18.1. The van der Waals surface area contributed by atoms with Crippen molar-refractivity contribution < 1.29 is 14.2 Å². The van der Waals surface area contributed by atoms with Gasteiger partial charge in [0.15, 0.2) is 0 Å². The minimum Gasteiger partial charge on any atom is -0.491 e. The largest absolute Gasteiger partial charge is 0.491 e. The Bertz CT molecular complexity index is 440. The van der Waals surface area contributed by atoms with Crippen LogP contribution in [-0.2, 0) is 0 Å². The maximum atomic E-state index is 12.7. The molecule has 1 unspecified atom stereocenters. The fraction of sp³-hybridized carbons (Fsp3) is 0.625. The van der Waals surface area contributed by atoms with Gasteiger partial charge in [0.2, 0.25) is 0 Å². The van der Waals surface area contributed by atoms with Crippen LogP contribution in [0.5, 0.6) is 5.75 Å². The number of hydrogen-bond acceptors (Lipinski definition) is 3. The normalized spacial score (nSPS) is 21.5. The summed E-state index contributed by atoms with van der Waals surface area (Å²) in [7, 11) is 0. The summed E-state index contributed by atoms with van der Waals surface area (Å²) in [6.45, 7) is 1.80. The lowest BCUT2D eigenvalue weighted by atomic mass is 10.0. The predicted molar refractivity (Wildman–Crippen MR) is 75.2 cm³/mol. The Morgan fingerprint density at radius 1 is 1.30 bits per heavy atom. The van der Waals surface area contributed by atoms with Gasteiger partial charge in [-0.2, -0.15) is 0 Å². The Balaban J connectivity index is 1.33. The van der Waals surface area contributed by atoms with Crippen molar-refractivity contribution >= 4 is 0 Å². The molecule has 1 aromatic rings. The Morgan fingerprint density at radius 2 is 2.00 bits per heavy atom. The van der Waals surface area contributed by atoms with Crippen LogP contribution < -0.4 is 10.1 Å². The van der Waals surface area contributed by atoms with Gasteiger partial charge in [-0.05, 0) is 61.3 Å². The highest BCUT2D eigenvalue weighted by molar-refractivity contribution is 5.22. The highest BCUT2D eigenvalue weighted by atomic mass is 19.1. The average Bonchev–Trinajstić information content (AvgIpc) is 3.30. The molecule has 0 aromatic heterocycles. The predicted octanol–water partition coefficient (Wildman–Crippen LogP) is 2.35. The molecular formula is C16H22FNO2. The topological polar surface area (TPSA) is 41.5 Å². The summed E-state index contributed by atoms with van der Waals surface area (Å²) in [6, 6.07) is 5.85. The number of rotatable bonds is 8. The number of halogens is 1. The van der Waals surface area contributed by atoms with E-state index in [1.54, 1.807) is 12.1 Å². The molecule has 20 heavy (non-hydrogen) atoms. The molecule has 2 fully saturated rings. The zero-order valence-corrected chi connectivity index (χ0v) is 11.6. The van der Waals surface area contributed by atoms with Crippen molar-refractivity contribution in [3.05, 3.63) is 30.1 Å². The molecule has 0 saturated heterocycles. The first kappa shape index (κ1) is 13.8. The van der Waals surface area contributed by atoms with Gasteiger partial charge in [0, 0.05) is 13.1 Å². The number of ether oxygens (including phenoxy) is 1. The molecule has 2 aliphatic rings. The quantitative estimate of drug-likeness (QED) is 0.767. The third kappa shape index (κ3) is 3.49. The molecule has 3 rings (SSSR count). The lowest BCUT2D eigenvalue weighted by Gasteiger charge is -2.17. The van der Waals surface area contributed by atoms with Gasteiger partial charge < -0.3 is 15.2 Å². The molecule has 0 spiro atoms. The Labute approximate surface area is 119 Å². The van der Waals surface area contributed by atoms with E-state index in [1.807, 2.05) is 0 Å². The summed E-state index contributed by atoms with van der Waals surface area (Å²) >= 11 is 0. The van der Waals surface area contributed by atoms with E-state index in [0.29, 0.717) is 17.7 Å². The molecule has 2 saturated carbocycles. The van der Waals surface area contributed by atoms with Gasteiger partial charge in [-0.15, -0.1) is 0 Å². The van der Waals surface area contributed by atoms with Gasteiger partial charge in [-0.25, -0.2) is 4.39 Å². The summed E-state index contributed by atoms with van der Waals surface area (Å²) in [4.78, 5) is 0. The van der Waals surface area contributed by atoms with Gasteiger partial charge >= 0.3 is 0 Å². The lowest BCUT2D eigenvalue weighted by Crippen LogP contribution is -2.35. The molecule has 4 heteroatoms. The molecule has 0 aliphatic heterocycles. The zero-order chi connectivity index (χ0) is 14.0. The second-order valence-corrected chi connectivity index (χ2v) is 6.19. The van der Waals surface area contributed by atoms with Crippen molar-refractivity contribution in [2.75, 3.05) is 19.7 Å². The van der Waals surface area contributed by atoms with E-state index in [0.717, 1.165) is 12.5 Å². The van der Waals surface area contributed by atoms with Crippen LogP contribution in [0.3, 0.4) is 0 Å². The van der Waals surface area contributed by atoms with Crippen molar-refractivity contribution in [1.82, 2.24) is 5.32 Å². The van der Waals surface area contributed by atoms with Crippen LogP contribution in [0.2, 0.25) is 0 Å². The summed E-state index contributed by atoms with van der Waals surface area (Å²) in [6.07, 6.45) is 4.92. The summed E-state index contributed by atoms with van der Waals surface area (Å²) in [5, 5.41) is 13.2. The van der Waals surface area contributed by atoms with Crippen LogP contribution in [0.15, 0.2) is 24.3 Å². The molecule has 110 valence electrons. The van der Waals surface area contributed by atoms with E-state index < -0.39 is 6.10 Å². The SMILES string of the molecule is OC(CNCC1(C2CC2)CC1)COc1ccc(F)cc1. The number of benzene rings is 1. The maximum absolute atomic E-state index is 12.7. The fourth-order valence-electron chi connectivity index (χ4n) is 2.86. The van der Waals surface area contributed by atoms with Crippen molar-refractivity contribution in [3.63, 3.8) is 0 Å². The molecule has 3 nitrogen and oxygen atoms in total. The summed E-state index contributed by atoms with van der Waals surface area (Å²) in [5.41, 5.74) is 0.553. The second kappa shape index (κ2) is 5.70. The van der Waals surface area contributed by atoms with Gasteiger partial charge in [-0.3, -0.25) is 0 Å². The van der Waals surface area contributed by atoms with E-state index in [4.69, 9.17) is 4.74 Å². The zero-order valence-electron chi connectivity index (χ0n) is 11.6. The van der Waals surface area contributed by atoms with Crippen LogP contribution in [0.4, 0.5) is 4.39 Å². The van der Waals surface area contributed by atoms with E-state index in [-0.39, 0.29) is 12.4 Å². The van der Waals surface area contributed by atoms with E-state index in [1.165, 1.54) is 37.8 Å². The number of aliphatic hydroxyl groups excluding tert-OH is 1. The minimum atomic E-state index is -0.532. The number of aliphatic hydroxyl groups is 1. The highest BCUT2D eigenvalue weighted by Gasteiger charge is 2.53. The summed E-state index contributed by atoms with van der Waals surface area (Å²) in [5.74, 6) is 1.24. The molecule has 0 amide bonds. The van der Waals surface area contributed by atoms with Gasteiger partial charge in [0.1, 0.15) is 24.3 Å². The Hall–Kier alpha value is -1.13. The van der Waals surface area contributed by atoms with E-state index in [9.17, 15) is 9.50 Å². The third-order valence-electron chi connectivity index (χ3n) is 4.45. The van der Waals surface area contributed by atoms with Crippen LogP contribution in [0.25, 0.3) is 0 Å². The van der Waals surface area contributed by atoms with Crippen LogP contribution >= 0.6 is 0 Å². The molecular weight excluding hydrogens is 257 g/mol. The minimum absolute atomic E-state index is 0.231. The van der Waals surface area contributed by atoms with Gasteiger partial charge in [0.25, 0.3) is 0 Å². The Kier molecular flexibility index (Phi) is 3.94. The van der Waals surface area contributed by atoms with Gasteiger partial charge in [-0.1, -0.05) is 0 Å². The van der Waals surface area contributed by atoms with E-state index >= 15 is 0 Å². The number of hydrogen-bond donors (Lipinski definition) is 2. The van der Waals surface area contributed by atoms with Crippen molar-refractivity contribution in [1.29, 1.82) is 0 Å². The first-order valence-electron chi connectivity index (χ1n) is 7.45. The van der Waals surface area contributed by atoms with Crippen LogP contribution in [-0.4, -0.2) is 30.9 Å². The highest BCUT2D eigenvalue weighted by Crippen LogP contribution is 2.60. The first-order chi connectivity index (χ1) is 9.68. The van der Waals surface area contributed by atoms with Crippen molar-refractivity contribution in [2.24, 2.45) is 11.3 Å².